The number of anilines is 1. The van der Waals surface area contributed by atoms with E-state index in [2.05, 4.69) is 66.0 Å². The predicted octanol–water partition coefficient (Wildman–Crippen LogP) is 4.64. The number of rotatable bonds is 3. The van der Waals surface area contributed by atoms with Crippen LogP contribution in [0.3, 0.4) is 0 Å². The molecule has 2 nitrogen and oxygen atoms in total. The van der Waals surface area contributed by atoms with Gasteiger partial charge in [-0.15, -0.1) is 0 Å². The molecule has 2 aromatic carbocycles. The Labute approximate surface area is 117 Å². The molecule has 0 spiro atoms. The van der Waals surface area contributed by atoms with Crippen LogP contribution in [0.1, 0.15) is 19.4 Å². The monoisotopic (exact) mass is 268 g/mol. The maximum absolute atomic E-state index is 4.54. The first kappa shape index (κ1) is 12.2. The average molecular weight is 268 g/mol. The molecule has 0 saturated heterocycles. The highest BCUT2D eigenvalue weighted by molar-refractivity contribution is 7.13. The van der Waals surface area contributed by atoms with Gasteiger partial charge in [-0.3, -0.25) is 0 Å². The molecule has 0 fully saturated rings. The Balaban J connectivity index is 1.96. The van der Waals surface area contributed by atoms with Crippen molar-refractivity contribution in [2.75, 3.05) is 5.32 Å². The standard InChI is InChI=1S/C16H16N2S/c1-16(2,12-8-4-3-5-9-12)17-15-13-10-6-7-11-14(13)19-18-15/h3-11H,1-2H3,(H,17,18). The lowest BCUT2D eigenvalue weighted by atomic mass is 9.94. The number of benzene rings is 2. The number of aromatic nitrogens is 1. The quantitative estimate of drug-likeness (QED) is 0.748. The van der Waals surface area contributed by atoms with Crippen molar-refractivity contribution >= 4 is 27.4 Å². The van der Waals surface area contributed by atoms with E-state index in [1.807, 2.05) is 12.1 Å². The van der Waals surface area contributed by atoms with Gasteiger partial charge >= 0.3 is 0 Å². The summed E-state index contributed by atoms with van der Waals surface area (Å²) in [6.45, 7) is 4.35. The van der Waals surface area contributed by atoms with E-state index in [4.69, 9.17) is 0 Å². The smallest absolute Gasteiger partial charge is 0.148 e. The summed E-state index contributed by atoms with van der Waals surface area (Å²) in [7, 11) is 0. The third kappa shape index (κ3) is 2.34. The number of hydrogen-bond donors (Lipinski definition) is 1. The number of nitrogens with zero attached hydrogens (tertiary/aromatic N) is 1. The molecular weight excluding hydrogens is 252 g/mol. The highest BCUT2D eigenvalue weighted by atomic mass is 32.1. The minimum absolute atomic E-state index is 0.141. The first-order valence-corrected chi connectivity index (χ1v) is 7.12. The second-order valence-corrected chi connectivity index (χ2v) is 5.95. The fourth-order valence-electron chi connectivity index (χ4n) is 2.20. The molecule has 1 heterocycles. The van der Waals surface area contributed by atoms with Crippen LogP contribution in [0.25, 0.3) is 10.1 Å². The molecule has 1 aromatic heterocycles. The van der Waals surface area contributed by atoms with Gasteiger partial charge in [0, 0.05) is 5.39 Å². The topological polar surface area (TPSA) is 24.9 Å². The molecule has 19 heavy (non-hydrogen) atoms. The van der Waals surface area contributed by atoms with Crippen LogP contribution >= 0.6 is 11.5 Å². The summed E-state index contributed by atoms with van der Waals surface area (Å²) < 4.78 is 5.75. The largest absolute Gasteiger partial charge is 0.360 e. The van der Waals surface area contributed by atoms with Gasteiger partial charge in [-0.2, -0.15) is 4.37 Å². The lowest BCUT2D eigenvalue weighted by Gasteiger charge is -2.27. The molecule has 0 unspecified atom stereocenters. The van der Waals surface area contributed by atoms with Gasteiger partial charge in [-0.1, -0.05) is 42.5 Å². The van der Waals surface area contributed by atoms with Gasteiger partial charge in [-0.25, -0.2) is 0 Å². The van der Waals surface area contributed by atoms with Crippen molar-refractivity contribution in [3.63, 3.8) is 0 Å². The lowest BCUT2D eigenvalue weighted by molar-refractivity contribution is 0.608. The highest BCUT2D eigenvalue weighted by Gasteiger charge is 2.21. The summed E-state index contributed by atoms with van der Waals surface area (Å²) in [5.41, 5.74) is 1.12. The van der Waals surface area contributed by atoms with E-state index in [9.17, 15) is 0 Å². The zero-order valence-electron chi connectivity index (χ0n) is 11.1. The molecule has 0 bridgehead atoms. The van der Waals surface area contributed by atoms with Gasteiger partial charge in [0.25, 0.3) is 0 Å². The van der Waals surface area contributed by atoms with E-state index in [1.165, 1.54) is 27.2 Å². The fourth-order valence-corrected chi connectivity index (χ4v) is 2.94. The predicted molar refractivity (Wildman–Crippen MR) is 82.7 cm³/mol. The SMILES string of the molecule is CC(C)(Nc1nsc2ccccc12)c1ccccc1. The van der Waals surface area contributed by atoms with Crippen LogP contribution < -0.4 is 5.32 Å². The number of fused-ring (bicyclic) bond motifs is 1. The average Bonchev–Trinajstić information content (AvgIpc) is 2.83. The Morgan fingerprint density at radius 3 is 2.42 bits per heavy atom. The van der Waals surface area contributed by atoms with Crippen molar-refractivity contribution in [1.82, 2.24) is 4.37 Å². The summed E-state index contributed by atoms with van der Waals surface area (Å²) in [6, 6.07) is 18.8. The van der Waals surface area contributed by atoms with E-state index >= 15 is 0 Å². The number of nitrogens with one attached hydrogen (secondary N) is 1. The number of hydrogen-bond acceptors (Lipinski definition) is 3. The zero-order chi connectivity index (χ0) is 13.3. The lowest BCUT2D eigenvalue weighted by Crippen LogP contribution is -2.28. The molecule has 0 saturated carbocycles. The van der Waals surface area contributed by atoms with E-state index in [1.54, 1.807) is 0 Å². The summed E-state index contributed by atoms with van der Waals surface area (Å²) in [4.78, 5) is 0. The van der Waals surface area contributed by atoms with E-state index < -0.39 is 0 Å². The second kappa shape index (κ2) is 4.67. The molecule has 0 aliphatic rings. The zero-order valence-corrected chi connectivity index (χ0v) is 11.9. The minimum atomic E-state index is -0.141. The van der Waals surface area contributed by atoms with Crippen LogP contribution in [-0.2, 0) is 5.54 Å². The van der Waals surface area contributed by atoms with Crippen LogP contribution in [0.4, 0.5) is 5.82 Å². The Kier molecular flexibility index (Phi) is 2.99. The van der Waals surface area contributed by atoms with Crippen LogP contribution in [0.15, 0.2) is 54.6 Å². The van der Waals surface area contributed by atoms with Gasteiger partial charge in [0.2, 0.25) is 0 Å². The molecule has 1 N–H and O–H groups in total. The minimum Gasteiger partial charge on any atom is -0.360 e. The van der Waals surface area contributed by atoms with Crippen molar-refractivity contribution in [3.05, 3.63) is 60.2 Å². The second-order valence-electron chi connectivity index (χ2n) is 5.14. The van der Waals surface area contributed by atoms with Crippen molar-refractivity contribution in [1.29, 1.82) is 0 Å². The van der Waals surface area contributed by atoms with Crippen LogP contribution in [0, 0.1) is 0 Å². The van der Waals surface area contributed by atoms with Crippen molar-refractivity contribution < 1.29 is 0 Å². The van der Waals surface area contributed by atoms with Crippen molar-refractivity contribution in [2.45, 2.75) is 19.4 Å². The fraction of sp³-hybridized carbons (Fsp3) is 0.188. The van der Waals surface area contributed by atoms with Gasteiger partial charge < -0.3 is 5.32 Å². The van der Waals surface area contributed by atoms with Gasteiger partial charge in [-0.05, 0) is 43.1 Å². The maximum Gasteiger partial charge on any atom is 0.148 e. The Morgan fingerprint density at radius 1 is 0.947 bits per heavy atom. The van der Waals surface area contributed by atoms with Crippen LogP contribution in [-0.4, -0.2) is 4.37 Å². The third-order valence-corrected chi connectivity index (χ3v) is 4.13. The molecule has 0 amide bonds. The molecule has 3 aromatic rings. The first-order valence-electron chi connectivity index (χ1n) is 6.35. The Morgan fingerprint density at radius 2 is 1.63 bits per heavy atom. The Bertz CT molecular complexity index is 686. The summed E-state index contributed by atoms with van der Waals surface area (Å²) in [6.07, 6.45) is 0. The molecule has 3 rings (SSSR count). The van der Waals surface area contributed by atoms with Gasteiger partial charge in [0.05, 0.1) is 10.2 Å². The summed E-state index contributed by atoms with van der Waals surface area (Å²) in [5, 5.41) is 4.75. The molecule has 0 aliphatic carbocycles. The molecule has 0 aliphatic heterocycles. The van der Waals surface area contributed by atoms with E-state index in [0.29, 0.717) is 0 Å². The van der Waals surface area contributed by atoms with Gasteiger partial charge in [0.15, 0.2) is 0 Å². The normalized spacial score (nSPS) is 11.7. The highest BCUT2D eigenvalue weighted by Crippen LogP contribution is 2.31. The maximum atomic E-state index is 4.54. The van der Waals surface area contributed by atoms with E-state index in [-0.39, 0.29) is 5.54 Å². The van der Waals surface area contributed by atoms with Crippen molar-refractivity contribution in [2.24, 2.45) is 0 Å². The van der Waals surface area contributed by atoms with E-state index in [0.717, 1.165) is 5.82 Å². The molecule has 3 heteroatoms. The third-order valence-electron chi connectivity index (χ3n) is 3.30. The molecule has 0 atom stereocenters. The molecule has 96 valence electrons. The van der Waals surface area contributed by atoms with Crippen molar-refractivity contribution in [3.8, 4) is 0 Å². The first-order chi connectivity index (χ1) is 9.17. The molecular formula is C16H16N2S. The molecule has 0 radical (unpaired) electrons. The van der Waals surface area contributed by atoms with Gasteiger partial charge in [0.1, 0.15) is 5.82 Å². The van der Waals surface area contributed by atoms with Crippen LogP contribution in [0.5, 0.6) is 0 Å². The summed E-state index contributed by atoms with van der Waals surface area (Å²) in [5.74, 6) is 0.967. The Hall–Kier alpha value is -1.87. The summed E-state index contributed by atoms with van der Waals surface area (Å²) >= 11 is 1.54. The van der Waals surface area contributed by atoms with Crippen LogP contribution in [0.2, 0.25) is 0 Å².